The minimum atomic E-state index is -1.93. The van der Waals surface area contributed by atoms with E-state index in [0.717, 1.165) is 0 Å². The molecule has 5 aliphatic rings. The summed E-state index contributed by atoms with van der Waals surface area (Å²) in [6.07, 6.45) is -1.80. The normalized spacial score (nSPS) is 45.6. The van der Waals surface area contributed by atoms with Gasteiger partial charge in [-0.15, -0.1) is 0 Å². The highest BCUT2D eigenvalue weighted by Gasteiger charge is 2.55. The molecule has 0 aliphatic carbocycles. The van der Waals surface area contributed by atoms with Gasteiger partial charge in [0.05, 0.1) is 54.9 Å². The summed E-state index contributed by atoms with van der Waals surface area (Å²) in [4.78, 5) is 27.1. The molecule has 0 bridgehead atoms. The third-order valence-electron chi connectivity index (χ3n) is 16.5. The fourth-order valence-electron chi connectivity index (χ4n) is 11.7. The van der Waals surface area contributed by atoms with E-state index in [1.54, 1.807) is 65.8 Å². The topological polar surface area (TPSA) is 279 Å². The van der Waals surface area contributed by atoms with Gasteiger partial charge in [0.2, 0.25) is 0 Å². The molecule has 0 amide bonds. The number of allylic oxidation sites excluding steroid dienone is 4. The molecule has 0 saturated carbocycles. The largest absolute Gasteiger partial charge is 0.458 e. The Morgan fingerprint density at radius 1 is 0.630 bits per heavy atom. The van der Waals surface area contributed by atoms with Gasteiger partial charge in [-0.05, 0) is 33.6 Å². The number of methoxy groups -OCH3 is 1. The lowest BCUT2D eigenvalue weighted by Crippen LogP contribution is -2.60. The van der Waals surface area contributed by atoms with Gasteiger partial charge in [-0.1, -0.05) is 91.8 Å². The number of rotatable bonds is 15. The number of aliphatic hydroxyl groups is 8. The minimum absolute atomic E-state index is 0.0782. The number of hydrogen-bond donors (Lipinski definition) is 8. The van der Waals surface area contributed by atoms with Crippen LogP contribution in [0.25, 0.3) is 0 Å². The Labute approximate surface area is 431 Å². The van der Waals surface area contributed by atoms with Crippen molar-refractivity contribution in [2.45, 2.75) is 224 Å². The molecule has 5 heterocycles. The Balaban J connectivity index is 1.30. The van der Waals surface area contributed by atoms with E-state index in [-0.39, 0.29) is 43.6 Å². The van der Waals surface area contributed by atoms with Crippen LogP contribution in [0.4, 0.5) is 0 Å². The molecule has 0 aromatic rings. The summed E-state index contributed by atoms with van der Waals surface area (Å²) in [6, 6.07) is 0. The molecule has 4 saturated heterocycles. The zero-order valence-electron chi connectivity index (χ0n) is 44.8. The van der Waals surface area contributed by atoms with Crippen molar-refractivity contribution >= 4 is 11.9 Å². The van der Waals surface area contributed by atoms with Gasteiger partial charge in [-0.25, -0.2) is 9.59 Å². The lowest BCUT2D eigenvalue weighted by atomic mass is 9.76. The molecular weight excluding hydrogens is 953 g/mol. The second-order valence-corrected chi connectivity index (χ2v) is 21.5. The summed E-state index contributed by atoms with van der Waals surface area (Å²) in [5.41, 5.74) is 0. The molecule has 5 rings (SSSR count). The number of esters is 2. The summed E-state index contributed by atoms with van der Waals surface area (Å²) in [7, 11) is 1.51. The van der Waals surface area contributed by atoms with Crippen LogP contribution in [-0.4, -0.2) is 170 Å². The van der Waals surface area contributed by atoms with Crippen molar-refractivity contribution in [1.29, 1.82) is 0 Å². The standard InChI is InChI=1S/C54H88O19/c1-13-36-33(9)72-53(64,25-40(36)67-45-24-39(56)49(62)52(63)71-45)31(7)46(59)29(5)50-27(3)19-15-17-22-43(58)70-51(28(4)20-16-18-21-42(57)69-50)30(6)47(60)32(8)54(65-12)26-41(37(14-2)34(10)73-54)68-44-23-38(55)48(61)35(11)66-44/h15-22,27-41,44-52,55-56,59-64H,13-14,23-26H2,1-12H3/b19-15+,20-16+,21-18+,22-17+/t27-,28-,29-,30-,31-,32-,33+,34+,35-,36+,37+,38-,39-,40+,41+,44-,45+,46+,47+,48+,49-,50-,51-,52+,53+,54+/m0/s1. The minimum Gasteiger partial charge on any atom is -0.458 e. The summed E-state index contributed by atoms with van der Waals surface area (Å²) in [5.74, 6) is -9.10. The Bertz CT molecular complexity index is 1860. The number of carbonyl (C=O) groups excluding carboxylic acids is 2. The molecule has 418 valence electrons. The van der Waals surface area contributed by atoms with Gasteiger partial charge in [0, 0.05) is 92.3 Å². The van der Waals surface area contributed by atoms with Crippen molar-refractivity contribution in [1.82, 2.24) is 0 Å². The second-order valence-electron chi connectivity index (χ2n) is 21.5. The quantitative estimate of drug-likeness (QED) is 0.109. The van der Waals surface area contributed by atoms with Crippen LogP contribution < -0.4 is 0 Å². The van der Waals surface area contributed by atoms with E-state index in [0.29, 0.717) is 12.8 Å². The fourth-order valence-corrected chi connectivity index (χ4v) is 11.7. The van der Waals surface area contributed by atoms with E-state index >= 15 is 0 Å². The van der Waals surface area contributed by atoms with Crippen LogP contribution in [0.1, 0.15) is 115 Å². The van der Waals surface area contributed by atoms with Crippen LogP contribution in [0.15, 0.2) is 48.6 Å². The van der Waals surface area contributed by atoms with Crippen molar-refractivity contribution in [3.8, 4) is 0 Å². The van der Waals surface area contributed by atoms with Crippen LogP contribution in [0.3, 0.4) is 0 Å². The van der Waals surface area contributed by atoms with Gasteiger partial charge in [0.1, 0.15) is 24.4 Å². The number of carbonyl (C=O) groups is 2. The first-order valence-electron chi connectivity index (χ1n) is 26.4. The maximum atomic E-state index is 13.6. The monoisotopic (exact) mass is 1040 g/mol. The molecule has 73 heavy (non-hydrogen) atoms. The molecule has 26 atom stereocenters. The number of cyclic esters (lactones) is 2. The molecule has 0 unspecified atom stereocenters. The maximum Gasteiger partial charge on any atom is 0.331 e. The summed E-state index contributed by atoms with van der Waals surface area (Å²) >= 11 is 0. The number of hydrogen-bond acceptors (Lipinski definition) is 19. The molecule has 0 aromatic carbocycles. The van der Waals surface area contributed by atoms with E-state index in [4.69, 9.17) is 42.6 Å². The van der Waals surface area contributed by atoms with Crippen molar-refractivity contribution in [3.63, 3.8) is 0 Å². The van der Waals surface area contributed by atoms with Gasteiger partial charge >= 0.3 is 11.9 Å². The predicted molar refractivity (Wildman–Crippen MR) is 264 cm³/mol. The Morgan fingerprint density at radius 2 is 1.08 bits per heavy atom. The molecule has 0 spiro atoms. The smallest absolute Gasteiger partial charge is 0.331 e. The highest BCUT2D eigenvalue weighted by atomic mass is 16.7. The zero-order valence-corrected chi connectivity index (χ0v) is 44.8. The van der Waals surface area contributed by atoms with Crippen LogP contribution >= 0.6 is 0 Å². The van der Waals surface area contributed by atoms with E-state index in [1.165, 1.54) is 31.4 Å². The lowest BCUT2D eigenvalue weighted by molar-refractivity contribution is -0.358. The first-order valence-corrected chi connectivity index (χ1v) is 26.4. The molecular formula is C54H88O19. The first kappa shape index (κ1) is 61.2. The SMILES string of the molecule is CC[C@@H]1[C@@H](C)O[C@@](OC)([C@@H](C)[C@H](O)[C@H](C)[C@H]2OC(=O)/C=C/C=C/[C@H](C)[C@@H]([C@@H](C)[C@@H](O)[C@H](C)[C@@]3(O)C[C@@H](O[C@H]4C[C@H](O)[C@H](O)[C@H](O)O4)[C@H](CC)[C@@H](C)O3)OC(=O)/C=C/C=C/[C@@H]2C)C[C@H]1O[C@H]1C[C@H](O)[C@H](O)[C@H](C)O1. The second kappa shape index (κ2) is 26.6. The van der Waals surface area contributed by atoms with Crippen LogP contribution in [0, 0.1) is 47.3 Å². The molecule has 5 aliphatic heterocycles. The summed E-state index contributed by atoms with van der Waals surface area (Å²) in [5, 5.41) is 87.5. The van der Waals surface area contributed by atoms with Crippen molar-refractivity contribution in [2.24, 2.45) is 47.3 Å². The summed E-state index contributed by atoms with van der Waals surface area (Å²) < 4.78 is 55.2. The number of ether oxygens (including phenoxy) is 9. The first-order chi connectivity index (χ1) is 34.3. The summed E-state index contributed by atoms with van der Waals surface area (Å²) in [6.45, 7) is 19.9. The van der Waals surface area contributed by atoms with E-state index in [9.17, 15) is 50.4 Å². The molecule has 19 nitrogen and oxygen atoms in total. The van der Waals surface area contributed by atoms with Gasteiger partial charge in [-0.2, -0.15) is 0 Å². The van der Waals surface area contributed by atoms with Gasteiger partial charge in [-0.3, -0.25) is 0 Å². The van der Waals surface area contributed by atoms with Crippen LogP contribution in [0.2, 0.25) is 0 Å². The molecule has 19 heteroatoms. The van der Waals surface area contributed by atoms with Crippen molar-refractivity contribution < 1.29 is 93.1 Å². The van der Waals surface area contributed by atoms with Gasteiger partial charge in [0.25, 0.3) is 0 Å². The van der Waals surface area contributed by atoms with Gasteiger partial charge < -0.3 is 83.5 Å². The van der Waals surface area contributed by atoms with E-state index in [1.807, 2.05) is 34.6 Å². The third kappa shape index (κ3) is 14.7. The fraction of sp³-hybridized carbons (Fsp3) is 0.815. The Morgan fingerprint density at radius 3 is 1.55 bits per heavy atom. The average molecular weight is 1040 g/mol. The predicted octanol–water partition coefficient (Wildman–Crippen LogP) is 3.70. The molecule has 4 fully saturated rings. The Hall–Kier alpha value is -2.70. The Kier molecular flexibility index (Phi) is 22.3. The van der Waals surface area contributed by atoms with E-state index < -0.39 is 151 Å². The highest BCUT2D eigenvalue weighted by Crippen LogP contribution is 2.46. The van der Waals surface area contributed by atoms with Crippen molar-refractivity contribution in [2.75, 3.05) is 7.11 Å². The van der Waals surface area contributed by atoms with Crippen LogP contribution in [0.5, 0.6) is 0 Å². The van der Waals surface area contributed by atoms with E-state index in [2.05, 4.69) is 0 Å². The van der Waals surface area contributed by atoms with Crippen LogP contribution in [-0.2, 0) is 52.2 Å². The van der Waals surface area contributed by atoms with Gasteiger partial charge in [0.15, 0.2) is 30.4 Å². The maximum absolute atomic E-state index is 13.6. The molecule has 0 aromatic heterocycles. The lowest BCUT2D eigenvalue weighted by Gasteiger charge is -2.52. The van der Waals surface area contributed by atoms with Crippen molar-refractivity contribution in [3.05, 3.63) is 48.6 Å². The third-order valence-corrected chi connectivity index (χ3v) is 16.5. The zero-order chi connectivity index (χ0) is 54.3. The highest BCUT2D eigenvalue weighted by molar-refractivity contribution is 5.83. The molecule has 8 N–H and O–H groups in total. The number of aliphatic hydroxyl groups excluding tert-OH is 7. The molecule has 0 radical (unpaired) electrons. The average Bonchev–Trinajstić information content (AvgIpc) is 3.33.